The molecule has 0 aliphatic heterocycles. The van der Waals surface area contributed by atoms with Crippen molar-refractivity contribution in [2.75, 3.05) is 11.1 Å². The van der Waals surface area contributed by atoms with Crippen molar-refractivity contribution in [1.29, 1.82) is 0 Å². The van der Waals surface area contributed by atoms with Crippen LogP contribution in [0.2, 0.25) is 0 Å². The molecule has 11 heteroatoms. The third-order valence-corrected chi connectivity index (χ3v) is 5.93. The van der Waals surface area contributed by atoms with E-state index in [0.29, 0.717) is 27.8 Å². The van der Waals surface area contributed by atoms with Crippen LogP contribution in [-0.4, -0.2) is 37.3 Å². The lowest BCUT2D eigenvalue weighted by atomic mass is 10.1. The van der Waals surface area contributed by atoms with Gasteiger partial charge in [-0.15, -0.1) is 10.2 Å². The number of thioether (sulfide) groups is 1. The average Bonchev–Trinajstić information content (AvgIpc) is 3.14. The van der Waals surface area contributed by atoms with Crippen LogP contribution in [0.4, 0.5) is 11.4 Å². The number of nitro benzene ring substituents is 1. The Morgan fingerprint density at radius 2 is 1.94 bits per heavy atom. The third kappa shape index (κ3) is 5.95. The van der Waals surface area contributed by atoms with E-state index in [4.69, 9.17) is 0 Å². The standard InChI is InChI=1S/C22H24N6O4S/c1-13-6-5-7-16(10-13)21(30)23-15(3)20-25-26-22(27(20)4)33-12-19(29)24-18-9-8-17(28(31)32)11-14(18)2/h5-11,15H,12H2,1-4H3,(H,23,30)(H,24,29)/t15-/m0/s1. The number of hydrogen-bond donors (Lipinski definition) is 2. The molecule has 0 aliphatic carbocycles. The number of rotatable bonds is 8. The monoisotopic (exact) mass is 468 g/mol. The van der Waals surface area contributed by atoms with Gasteiger partial charge < -0.3 is 15.2 Å². The van der Waals surface area contributed by atoms with Crippen molar-refractivity contribution in [3.8, 4) is 0 Å². The zero-order valence-corrected chi connectivity index (χ0v) is 19.5. The normalized spacial score (nSPS) is 11.6. The van der Waals surface area contributed by atoms with Gasteiger partial charge in [0.1, 0.15) is 0 Å². The van der Waals surface area contributed by atoms with E-state index in [2.05, 4.69) is 20.8 Å². The van der Waals surface area contributed by atoms with Crippen LogP contribution in [0.1, 0.15) is 40.3 Å². The summed E-state index contributed by atoms with van der Waals surface area (Å²) in [6.07, 6.45) is 0. The second-order valence-corrected chi connectivity index (χ2v) is 8.50. The van der Waals surface area contributed by atoms with Crippen molar-refractivity contribution in [2.45, 2.75) is 32.0 Å². The Morgan fingerprint density at radius 1 is 1.18 bits per heavy atom. The number of non-ortho nitro benzene ring substituents is 1. The van der Waals surface area contributed by atoms with Gasteiger partial charge in [0.25, 0.3) is 11.6 Å². The van der Waals surface area contributed by atoms with Crippen LogP contribution in [0, 0.1) is 24.0 Å². The molecule has 0 saturated carbocycles. The number of amides is 2. The lowest BCUT2D eigenvalue weighted by molar-refractivity contribution is -0.384. The molecule has 0 fully saturated rings. The molecule has 0 aliphatic rings. The van der Waals surface area contributed by atoms with E-state index in [1.165, 1.54) is 30.0 Å². The summed E-state index contributed by atoms with van der Waals surface area (Å²) in [5, 5.41) is 25.3. The van der Waals surface area contributed by atoms with E-state index in [1.54, 1.807) is 24.6 Å². The lowest BCUT2D eigenvalue weighted by Gasteiger charge is -2.14. The molecule has 0 saturated heterocycles. The molecule has 0 radical (unpaired) electrons. The Morgan fingerprint density at radius 3 is 2.61 bits per heavy atom. The Balaban J connectivity index is 1.58. The van der Waals surface area contributed by atoms with Crippen molar-refractivity contribution < 1.29 is 14.5 Å². The molecule has 3 rings (SSSR count). The van der Waals surface area contributed by atoms with Crippen LogP contribution in [0.5, 0.6) is 0 Å². The van der Waals surface area contributed by atoms with Gasteiger partial charge in [-0.2, -0.15) is 0 Å². The van der Waals surface area contributed by atoms with Crippen molar-refractivity contribution in [3.05, 3.63) is 75.1 Å². The maximum atomic E-state index is 12.5. The highest BCUT2D eigenvalue weighted by Crippen LogP contribution is 2.23. The average molecular weight is 469 g/mol. The number of carbonyl (C=O) groups is 2. The topological polar surface area (TPSA) is 132 Å². The van der Waals surface area contributed by atoms with E-state index in [9.17, 15) is 19.7 Å². The van der Waals surface area contributed by atoms with Crippen molar-refractivity contribution in [1.82, 2.24) is 20.1 Å². The summed E-state index contributed by atoms with van der Waals surface area (Å²) < 4.78 is 1.73. The predicted molar refractivity (Wildman–Crippen MR) is 125 cm³/mol. The second-order valence-electron chi connectivity index (χ2n) is 7.56. The Labute approximate surface area is 194 Å². The van der Waals surface area contributed by atoms with Crippen LogP contribution in [0.15, 0.2) is 47.6 Å². The van der Waals surface area contributed by atoms with Gasteiger partial charge in [-0.1, -0.05) is 29.5 Å². The number of aryl methyl sites for hydroxylation is 2. The van der Waals surface area contributed by atoms with Gasteiger partial charge in [-0.3, -0.25) is 19.7 Å². The number of nitrogens with one attached hydrogen (secondary N) is 2. The van der Waals surface area contributed by atoms with Gasteiger partial charge in [0.15, 0.2) is 11.0 Å². The summed E-state index contributed by atoms with van der Waals surface area (Å²) >= 11 is 1.20. The number of carbonyl (C=O) groups excluding carboxylic acids is 2. The minimum absolute atomic E-state index is 0.0323. The number of hydrogen-bond acceptors (Lipinski definition) is 7. The Hall–Kier alpha value is -3.73. The summed E-state index contributed by atoms with van der Waals surface area (Å²) in [5.41, 5.74) is 2.64. The van der Waals surface area contributed by atoms with E-state index in [0.717, 1.165) is 5.56 Å². The first-order chi connectivity index (χ1) is 15.7. The molecular formula is C22H24N6O4S. The number of benzene rings is 2. The molecule has 172 valence electrons. The zero-order valence-electron chi connectivity index (χ0n) is 18.7. The quantitative estimate of drug-likeness (QED) is 0.293. The molecule has 33 heavy (non-hydrogen) atoms. The van der Waals surface area contributed by atoms with E-state index < -0.39 is 4.92 Å². The van der Waals surface area contributed by atoms with Gasteiger partial charge in [-0.25, -0.2) is 0 Å². The summed E-state index contributed by atoms with van der Waals surface area (Å²) in [6.45, 7) is 5.43. The second kappa shape index (κ2) is 10.3. The molecule has 1 heterocycles. The Kier molecular flexibility index (Phi) is 7.44. The minimum atomic E-state index is -0.482. The number of nitro groups is 1. The van der Waals surface area contributed by atoms with E-state index in [1.807, 2.05) is 32.0 Å². The highest BCUT2D eigenvalue weighted by molar-refractivity contribution is 7.99. The van der Waals surface area contributed by atoms with E-state index in [-0.39, 0.29) is 29.3 Å². The van der Waals surface area contributed by atoms with Gasteiger partial charge in [-0.05, 0) is 44.5 Å². The fraction of sp³-hybridized carbons (Fsp3) is 0.273. The maximum absolute atomic E-state index is 12.5. The summed E-state index contributed by atoms with van der Waals surface area (Å²) in [7, 11) is 1.77. The molecule has 2 aromatic carbocycles. The molecule has 0 bridgehead atoms. The van der Waals surface area contributed by atoms with Crippen molar-refractivity contribution in [3.63, 3.8) is 0 Å². The Bertz CT molecular complexity index is 1210. The summed E-state index contributed by atoms with van der Waals surface area (Å²) in [5.74, 6) is 0.153. The van der Waals surface area contributed by atoms with Crippen LogP contribution in [0.3, 0.4) is 0 Å². The first-order valence-electron chi connectivity index (χ1n) is 10.1. The molecule has 10 nitrogen and oxygen atoms in total. The third-order valence-electron chi connectivity index (χ3n) is 4.91. The first-order valence-corrected chi connectivity index (χ1v) is 11.1. The number of aromatic nitrogens is 3. The molecule has 2 N–H and O–H groups in total. The van der Waals surface area contributed by atoms with Crippen molar-refractivity contribution >= 4 is 35.0 Å². The fourth-order valence-electron chi connectivity index (χ4n) is 3.18. The molecule has 0 unspecified atom stereocenters. The molecule has 3 aromatic rings. The number of anilines is 1. The van der Waals surface area contributed by atoms with Crippen LogP contribution in [0.25, 0.3) is 0 Å². The molecule has 0 spiro atoms. The highest BCUT2D eigenvalue weighted by atomic mass is 32.2. The van der Waals surface area contributed by atoms with Gasteiger partial charge >= 0.3 is 0 Å². The van der Waals surface area contributed by atoms with Gasteiger partial charge in [0.05, 0.1) is 16.7 Å². The smallest absolute Gasteiger partial charge is 0.269 e. The van der Waals surface area contributed by atoms with Crippen molar-refractivity contribution in [2.24, 2.45) is 7.05 Å². The maximum Gasteiger partial charge on any atom is 0.269 e. The lowest BCUT2D eigenvalue weighted by Crippen LogP contribution is -2.28. The van der Waals surface area contributed by atoms with Crippen LogP contribution < -0.4 is 10.6 Å². The SMILES string of the molecule is Cc1cccc(C(=O)N[C@@H](C)c2nnc(SCC(=O)Nc3ccc([N+](=O)[O-])cc3C)n2C)c1. The van der Waals surface area contributed by atoms with E-state index >= 15 is 0 Å². The summed E-state index contributed by atoms with van der Waals surface area (Å²) in [6, 6.07) is 11.2. The molecule has 2 amide bonds. The van der Waals surface area contributed by atoms with Crippen LogP contribution >= 0.6 is 11.8 Å². The van der Waals surface area contributed by atoms with Gasteiger partial charge in [0, 0.05) is 30.4 Å². The number of nitrogens with zero attached hydrogens (tertiary/aromatic N) is 4. The predicted octanol–water partition coefficient (Wildman–Crippen LogP) is 3.56. The highest BCUT2D eigenvalue weighted by Gasteiger charge is 2.19. The molecule has 1 atom stereocenters. The first kappa shape index (κ1) is 23.9. The largest absolute Gasteiger partial charge is 0.342 e. The van der Waals surface area contributed by atoms with Gasteiger partial charge in [0.2, 0.25) is 5.91 Å². The van der Waals surface area contributed by atoms with Crippen LogP contribution in [-0.2, 0) is 11.8 Å². The molecule has 1 aromatic heterocycles. The summed E-state index contributed by atoms with van der Waals surface area (Å²) in [4.78, 5) is 35.2. The minimum Gasteiger partial charge on any atom is -0.342 e. The fourth-order valence-corrected chi connectivity index (χ4v) is 3.90. The zero-order chi connectivity index (χ0) is 24.1. The molecular weight excluding hydrogens is 444 g/mol.